The Labute approximate surface area is 168 Å². The smallest absolute Gasteiger partial charge is 0.338 e. The SMILES string of the molecule is COc1cccc(C(=O)O[C@@H](C)c2nc3scc(-c4cccs4)c3c(=O)[nH]2)c1. The van der Waals surface area contributed by atoms with Crippen molar-refractivity contribution in [3.8, 4) is 16.2 Å². The van der Waals surface area contributed by atoms with Crippen LogP contribution in [0.1, 0.15) is 29.2 Å². The third kappa shape index (κ3) is 3.44. The van der Waals surface area contributed by atoms with Gasteiger partial charge >= 0.3 is 5.97 Å². The highest BCUT2D eigenvalue weighted by Crippen LogP contribution is 2.34. The Kier molecular flexibility index (Phi) is 4.97. The van der Waals surface area contributed by atoms with Crippen LogP contribution in [0.15, 0.2) is 52.0 Å². The van der Waals surface area contributed by atoms with Crippen LogP contribution in [0.2, 0.25) is 0 Å². The van der Waals surface area contributed by atoms with Gasteiger partial charge in [-0.15, -0.1) is 22.7 Å². The molecule has 6 nitrogen and oxygen atoms in total. The van der Waals surface area contributed by atoms with E-state index in [0.29, 0.717) is 27.4 Å². The number of nitrogens with zero attached hydrogens (tertiary/aromatic N) is 1. The molecule has 4 rings (SSSR count). The first-order valence-electron chi connectivity index (χ1n) is 8.47. The number of esters is 1. The number of methoxy groups -OCH3 is 1. The first-order valence-corrected chi connectivity index (χ1v) is 10.2. The monoisotopic (exact) mass is 412 g/mol. The summed E-state index contributed by atoms with van der Waals surface area (Å²) in [6, 6.07) is 10.6. The third-order valence-corrected chi connectivity index (χ3v) is 6.00. The Hall–Kier alpha value is -2.97. The standard InChI is InChI=1S/C20H16N2O4S2/c1-11(26-20(24)12-5-3-6-13(9-12)25-2)17-21-18(23)16-14(10-28-19(16)22-17)15-7-4-8-27-15/h3-11H,1-2H3,(H,21,22,23)/t11-/m0/s1. The second-order valence-corrected chi connectivity index (χ2v) is 7.84. The Morgan fingerprint density at radius 1 is 1.21 bits per heavy atom. The van der Waals surface area contributed by atoms with Gasteiger partial charge < -0.3 is 14.5 Å². The van der Waals surface area contributed by atoms with Gasteiger partial charge in [0.25, 0.3) is 5.56 Å². The number of carbonyl (C=O) groups is 1. The van der Waals surface area contributed by atoms with Crippen LogP contribution in [0.3, 0.4) is 0 Å². The number of benzene rings is 1. The molecule has 0 saturated carbocycles. The number of ether oxygens (including phenoxy) is 2. The van der Waals surface area contributed by atoms with Crippen LogP contribution in [0.5, 0.6) is 5.75 Å². The third-order valence-electron chi connectivity index (χ3n) is 4.22. The van der Waals surface area contributed by atoms with E-state index in [-0.39, 0.29) is 5.56 Å². The largest absolute Gasteiger partial charge is 0.497 e. The topological polar surface area (TPSA) is 81.3 Å². The Balaban J connectivity index is 1.62. The predicted molar refractivity (Wildman–Crippen MR) is 110 cm³/mol. The predicted octanol–water partition coefficient (Wildman–Crippen LogP) is 4.64. The van der Waals surface area contributed by atoms with E-state index in [4.69, 9.17) is 9.47 Å². The summed E-state index contributed by atoms with van der Waals surface area (Å²) in [6.07, 6.45) is -0.705. The van der Waals surface area contributed by atoms with E-state index in [2.05, 4.69) is 9.97 Å². The van der Waals surface area contributed by atoms with Crippen molar-refractivity contribution in [3.05, 3.63) is 68.9 Å². The van der Waals surface area contributed by atoms with Crippen molar-refractivity contribution >= 4 is 38.9 Å². The van der Waals surface area contributed by atoms with E-state index in [1.165, 1.54) is 18.4 Å². The highest BCUT2D eigenvalue weighted by molar-refractivity contribution is 7.18. The molecule has 3 aromatic heterocycles. The van der Waals surface area contributed by atoms with Crippen molar-refractivity contribution in [1.29, 1.82) is 0 Å². The summed E-state index contributed by atoms with van der Waals surface area (Å²) >= 11 is 2.97. The molecule has 8 heteroatoms. The molecule has 0 fully saturated rings. The van der Waals surface area contributed by atoms with Crippen LogP contribution < -0.4 is 10.3 Å². The van der Waals surface area contributed by atoms with Crippen molar-refractivity contribution < 1.29 is 14.3 Å². The van der Waals surface area contributed by atoms with Gasteiger partial charge in [0.2, 0.25) is 0 Å². The summed E-state index contributed by atoms with van der Waals surface area (Å²) in [5.74, 6) is 0.364. The molecule has 0 spiro atoms. The highest BCUT2D eigenvalue weighted by atomic mass is 32.1. The number of aromatic nitrogens is 2. The van der Waals surface area contributed by atoms with Crippen molar-refractivity contribution in [3.63, 3.8) is 0 Å². The number of thiophene rings is 2. The van der Waals surface area contributed by atoms with Crippen molar-refractivity contribution in [1.82, 2.24) is 9.97 Å². The molecular formula is C20H16N2O4S2. The number of fused-ring (bicyclic) bond motifs is 1. The van der Waals surface area contributed by atoms with Crippen LogP contribution in [-0.4, -0.2) is 23.0 Å². The number of aromatic amines is 1. The zero-order valence-electron chi connectivity index (χ0n) is 15.1. The summed E-state index contributed by atoms with van der Waals surface area (Å²) in [6.45, 7) is 1.68. The zero-order chi connectivity index (χ0) is 19.7. The van der Waals surface area contributed by atoms with Gasteiger partial charge in [-0.2, -0.15) is 0 Å². The number of nitrogens with one attached hydrogen (secondary N) is 1. The molecule has 1 atom stereocenters. The molecule has 4 aromatic rings. The minimum atomic E-state index is -0.705. The lowest BCUT2D eigenvalue weighted by Crippen LogP contribution is -2.17. The van der Waals surface area contributed by atoms with Crippen LogP contribution in [0.4, 0.5) is 0 Å². The lowest BCUT2D eigenvalue weighted by Gasteiger charge is -2.13. The van der Waals surface area contributed by atoms with Crippen LogP contribution in [0.25, 0.3) is 20.7 Å². The van der Waals surface area contributed by atoms with E-state index < -0.39 is 12.1 Å². The Bertz CT molecular complexity index is 1190. The number of rotatable bonds is 5. The van der Waals surface area contributed by atoms with Gasteiger partial charge in [0, 0.05) is 15.8 Å². The summed E-state index contributed by atoms with van der Waals surface area (Å²) in [5.41, 5.74) is 0.996. The molecule has 1 N–H and O–H groups in total. The van der Waals surface area contributed by atoms with Gasteiger partial charge in [-0.1, -0.05) is 12.1 Å². The molecule has 0 saturated heterocycles. The molecule has 0 aliphatic carbocycles. The van der Waals surface area contributed by atoms with Crippen LogP contribution in [-0.2, 0) is 4.74 Å². The maximum atomic E-state index is 12.7. The molecule has 0 aliphatic rings. The average Bonchev–Trinajstić information content (AvgIpc) is 3.37. The maximum absolute atomic E-state index is 12.7. The fourth-order valence-corrected chi connectivity index (χ4v) is 4.58. The molecule has 0 amide bonds. The van der Waals surface area contributed by atoms with E-state index in [0.717, 1.165) is 10.4 Å². The number of H-pyrrole nitrogens is 1. The summed E-state index contributed by atoms with van der Waals surface area (Å²) < 4.78 is 10.6. The quantitative estimate of drug-likeness (QED) is 0.483. The summed E-state index contributed by atoms with van der Waals surface area (Å²) in [4.78, 5) is 34.0. The Morgan fingerprint density at radius 2 is 2.07 bits per heavy atom. The molecule has 3 heterocycles. The van der Waals surface area contributed by atoms with Crippen molar-refractivity contribution in [2.45, 2.75) is 13.0 Å². The van der Waals surface area contributed by atoms with E-state index in [1.54, 1.807) is 42.5 Å². The fourth-order valence-electron chi connectivity index (χ4n) is 2.81. The molecule has 0 aliphatic heterocycles. The zero-order valence-corrected chi connectivity index (χ0v) is 16.7. The van der Waals surface area contributed by atoms with Crippen LogP contribution in [0, 0.1) is 0 Å². The minimum absolute atomic E-state index is 0.242. The molecular weight excluding hydrogens is 396 g/mol. The maximum Gasteiger partial charge on any atom is 0.338 e. The van der Waals surface area contributed by atoms with Gasteiger partial charge in [-0.3, -0.25) is 4.79 Å². The lowest BCUT2D eigenvalue weighted by atomic mass is 10.2. The first kappa shape index (κ1) is 18.4. The number of hydrogen-bond acceptors (Lipinski definition) is 7. The normalized spacial score (nSPS) is 12.1. The lowest BCUT2D eigenvalue weighted by molar-refractivity contribution is 0.0319. The van der Waals surface area contributed by atoms with Crippen LogP contribution >= 0.6 is 22.7 Å². The molecule has 0 unspecified atom stereocenters. The van der Waals surface area contributed by atoms with E-state index in [1.807, 2.05) is 22.9 Å². The number of hydrogen-bond donors (Lipinski definition) is 1. The van der Waals surface area contributed by atoms with E-state index in [9.17, 15) is 9.59 Å². The molecule has 1 aromatic carbocycles. The van der Waals surface area contributed by atoms with Gasteiger partial charge in [-0.25, -0.2) is 9.78 Å². The first-order chi connectivity index (χ1) is 13.6. The van der Waals surface area contributed by atoms with E-state index >= 15 is 0 Å². The van der Waals surface area contributed by atoms with Gasteiger partial charge in [0.15, 0.2) is 11.9 Å². The molecule has 0 radical (unpaired) electrons. The van der Waals surface area contributed by atoms with Gasteiger partial charge in [0.1, 0.15) is 10.6 Å². The van der Waals surface area contributed by atoms with Gasteiger partial charge in [-0.05, 0) is 36.6 Å². The highest BCUT2D eigenvalue weighted by Gasteiger charge is 2.19. The van der Waals surface area contributed by atoms with Gasteiger partial charge in [0.05, 0.1) is 18.1 Å². The average molecular weight is 412 g/mol. The fraction of sp³-hybridized carbons (Fsp3) is 0.150. The second kappa shape index (κ2) is 7.57. The van der Waals surface area contributed by atoms with Crippen molar-refractivity contribution in [2.75, 3.05) is 7.11 Å². The molecule has 142 valence electrons. The van der Waals surface area contributed by atoms with Crippen molar-refractivity contribution in [2.24, 2.45) is 0 Å². The Morgan fingerprint density at radius 3 is 2.82 bits per heavy atom. The summed E-state index contributed by atoms with van der Waals surface area (Å²) in [5, 5.41) is 4.45. The summed E-state index contributed by atoms with van der Waals surface area (Å²) in [7, 11) is 1.53. The number of carbonyl (C=O) groups excluding carboxylic acids is 1. The molecule has 0 bridgehead atoms. The second-order valence-electron chi connectivity index (χ2n) is 6.04. The minimum Gasteiger partial charge on any atom is -0.497 e. The molecule has 28 heavy (non-hydrogen) atoms.